The van der Waals surface area contributed by atoms with Crippen molar-refractivity contribution in [3.05, 3.63) is 0 Å². The van der Waals surface area contributed by atoms with E-state index in [0.29, 0.717) is 0 Å². The highest BCUT2D eigenvalue weighted by Crippen LogP contribution is 2.31. The first-order valence-corrected chi connectivity index (χ1v) is 6.42. The van der Waals surface area contributed by atoms with E-state index >= 15 is 0 Å². The predicted molar refractivity (Wildman–Crippen MR) is 70.6 cm³/mol. The standard InChI is InChI=1S/C11H16FN5O4/c1-20-11-15-8(13)6-9(16-11)17(3-14-6)10-5(12)7(19)4(2-18)21-10/h3-7,9-10,18-19H,2H2,1H3,(H2,13,15,16)/t4-,5-,6?,7-,9?,10-/m1/s1. The largest absolute Gasteiger partial charge is 0.467 e. The summed E-state index contributed by atoms with van der Waals surface area (Å²) in [6.45, 7) is -0.479. The molecule has 3 heterocycles. The number of aliphatic hydroxyl groups excluding tert-OH is 2. The molecule has 0 aromatic heterocycles. The Morgan fingerprint density at radius 3 is 2.95 bits per heavy atom. The lowest BCUT2D eigenvalue weighted by molar-refractivity contribution is -0.0693. The molecule has 0 aromatic carbocycles. The predicted octanol–water partition coefficient (Wildman–Crippen LogP) is -2.19. The summed E-state index contributed by atoms with van der Waals surface area (Å²) in [5.74, 6) is 0.207. The summed E-state index contributed by atoms with van der Waals surface area (Å²) in [5.41, 5.74) is 5.79. The molecule has 4 N–H and O–H groups in total. The molecule has 2 unspecified atom stereocenters. The highest BCUT2D eigenvalue weighted by Gasteiger charge is 2.51. The minimum atomic E-state index is -1.70. The molecule has 3 aliphatic heterocycles. The summed E-state index contributed by atoms with van der Waals surface area (Å²) in [4.78, 5) is 13.7. The number of nitrogens with two attached hydrogens (primary N) is 1. The maximum atomic E-state index is 14.2. The molecule has 116 valence electrons. The van der Waals surface area contributed by atoms with Crippen LogP contribution in [0.4, 0.5) is 4.39 Å². The number of aliphatic hydroxyl groups is 2. The quantitative estimate of drug-likeness (QED) is 0.532. The topological polar surface area (TPSA) is 125 Å². The molecule has 0 saturated carbocycles. The van der Waals surface area contributed by atoms with Crippen LogP contribution in [-0.4, -0.2) is 83.8 Å². The van der Waals surface area contributed by atoms with E-state index in [4.69, 9.17) is 20.3 Å². The zero-order valence-electron chi connectivity index (χ0n) is 11.2. The molecule has 0 aromatic rings. The highest BCUT2D eigenvalue weighted by atomic mass is 19.1. The second kappa shape index (κ2) is 5.20. The molecule has 0 radical (unpaired) electrons. The number of ether oxygens (including phenoxy) is 2. The lowest BCUT2D eigenvalue weighted by Crippen LogP contribution is -2.51. The molecule has 0 spiro atoms. The number of amidine groups is 2. The van der Waals surface area contributed by atoms with Gasteiger partial charge in [-0.25, -0.2) is 9.38 Å². The van der Waals surface area contributed by atoms with E-state index in [0.717, 1.165) is 0 Å². The van der Waals surface area contributed by atoms with E-state index in [9.17, 15) is 9.50 Å². The van der Waals surface area contributed by atoms with Gasteiger partial charge in [-0.2, -0.15) is 4.99 Å². The minimum absolute atomic E-state index is 0.0666. The summed E-state index contributed by atoms with van der Waals surface area (Å²) < 4.78 is 24.5. The number of rotatable bonds is 2. The van der Waals surface area contributed by atoms with E-state index in [-0.39, 0.29) is 11.9 Å². The van der Waals surface area contributed by atoms with Crippen LogP contribution in [0.25, 0.3) is 0 Å². The maximum absolute atomic E-state index is 14.2. The van der Waals surface area contributed by atoms with Crippen LogP contribution in [0.2, 0.25) is 0 Å². The van der Waals surface area contributed by atoms with Crippen LogP contribution < -0.4 is 5.73 Å². The zero-order valence-corrected chi connectivity index (χ0v) is 11.2. The number of fused-ring (bicyclic) bond motifs is 1. The van der Waals surface area contributed by atoms with Crippen LogP contribution in [0.15, 0.2) is 15.0 Å². The first kappa shape index (κ1) is 14.2. The van der Waals surface area contributed by atoms with Crippen molar-refractivity contribution < 1.29 is 24.1 Å². The molecule has 1 saturated heterocycles. The third-order valence-electron chi connectivity index (χ3n) is 3.67. The van der Waals surface area contributed by atoms with Gasteiger partial charge in [0, 0.05) is 0 Å². The number of nitrogens with zero attached hydrogens (tertiary/aromatic N) is 4. The van der Waals surface area contributed by atoms with Gasteiger partial charge in [0.25, 0.3) is 0 Å². The van der Waals surface area contributed by atoms with Crippen molar-refractivity contribution in [3.8, 4) is 0 Å². The molecule has 3 rings (SSSR count). The number of halogens is 1. The molecule has 9 nitrogen and oxygen atoms in total. The van der Waals surface area contributed by atoms with E-state index in [1.165, 1.54) is 18.3 Å². The number of hydrogen-bond acceptors (Lipinski definition) is 9. The van der Waals surface area contributed by atoms with Gasteiger partial charge in [0.2, 0.25) is 0 Å². The molecule has 1 fully saturated rings. The van der Waals surface area contributed by atoms with Crippen LogP contribution in [0, 0.1) is 0 Å². The Hall–Kier alpha value is -1.78. The SMILES string of the molecule is COC1=NC2C(N=CN2[C@@H]2O[C@H](CO)[C@@H](O)[C@H]2F)C(N)=N1. The third-order valence-corrected chi connectivity index (χ3v) is 3.67. The molecule has 0 aliphatic carbocycles. The van der Waals surface area contributed by atoms with E-state index < -0.39 is 43.4 Å². The van der Waals surface area contributed by atoms with Gasteiger partial charge >= 0.3 is 6.02 Å². The average molecular weight is 301 g/mol. The van der Waals surface area contributed by atoms with Gasteiger partial charge in [-0.3, -0.25) is 4.99 Å². The summed E-state index contributed by atoms with van der Waals surface area (Å²) in [7, 11) is 1.39. The maximum Gasteiger partial charge on any atom is 0.315 e. The van der Waals surface area contributed by atoms with E-state index in [1.54, 1.807) is 0 Å². The van der Waals surface area contributed by atoms with Crippen molar-refractivity contribution in [2.75, 3.05) is 13.7 Å². The Morgan fingerprint density at radius 2 is 2.33 bits per heavy atom. The van der Waals surface area contributed by atoms with Gasteiger partial charge in [0.15, 0.2) is 18.6 Å². The normalized spacial score (nSPS) is 41.8. The van der Waals surface area contributed by atoms with Gasteiger partial charge in [-0.05, 0) is 0 Å². The molecule has 10 heteroatoms. The average Bonchev–Trinajstić information content (AvgIpc) is 3.02. The van der Waals surface area contributed by atoms with Gasteiger partial charge in [0.05, 0.1) is 20.1 Å². The fourth-order valence-electron chi connectivity index (χ4n) is 2.55. The Kier molecular flexibility index (Phi) is 3.51. The highest BCUT2D eigenvalue weighted by molar-refractivity contribution is 5.99. The molecule has 6 atom stereocenters. The first-order valence-electron chi connectivity index (χ1n) is 6.42. The van der Waals surface area contributed by atoms with Gasteiger partial charge < -0.3 is 30.3 Å². The summed E-state index contributed by atoms with van der Waals surface area (Å²) >= 11 is 0. The zero-order chi connectivity index (χ0) is 15.1. The lowest BCUT2D eigenvalue weighted by atomic mass is 10.1. The summed E-state index contributed by atoms with van der Waals surface area (Å²) in [6, 6.07) is -0.484. The molecule has 3 aliphatic rings. The van der Waals surface area contributed by atoms with Crippen LogP contribution in [0.5, 0.6) is 0 Å². The van der Waals surface area contributed by atoms with Gasteiger partial charge in [-0.15, -0.1) is 0 Å². The monoisotopic (exact) mass is 301 g/mol. The lowest BCUT2D eigenvalue weighted by Gasteiger charge is -2.31. The van der Waals surface area contributed by atoms with Crippen molar-refractivity contribution in [1.29, 1.82) is 0 Å². The minimum Gasteiger partial charge on any atom is -0.467 e. The fraction of sp³-hybridized carbons (Fsp3) is 0.727. The number of methoxy groups -OCH3 is 1. The molecule has 21 heavy (non-hydrogen) atoms. The van der Waals surface area contributed by atoms with Crippen molar-refractivity contribution in [1.82, 2.24) is 4.90 Å². The van der Waals surface area contributed by atoms with Crippen LogP contribution in [0.1, 0.15) is 0 Å². The third kappa shape index (κ3) is 2.15. The van der Waals surface area contributed by atoms with Crippen molar-refractivity contribution in [2.45, 2.75) is 36.8 Å². The smallest absolute Gasteiger partial charge is 0.315 e. The number of alkyl halides is 1. The van der Waals surface area contributed by atoms with Gasteiger partial charge in [-0.1, -0.05) is 0 Å². The second-order valence-electron chi connectivity index (χ2n) is 4.91. The first-order chi connectivity index (χ1) is 10.1. The van der Waals surface area contributed by atoms with Gasteiger partial charge in [0.1, 0.15) is 24.1 Å². The Labute approximate surface area is 119 Å². The molecule has 0 bridgehead atoms. The second-order valence-corrected chi connectivity index (χ2v) is 4.91. The Bertz CT molecular complexity index is 513. The Morgan fingerprint density at radius 1 is 1.57 bits per heavy atom. The van der Waals surface area contributed by atoms with Crippen LogP contribution >= 0.6 is 0 Å². The summed E-state index contributed by atoms with van der Waals surface area (Å²) in [6.07, 6.45) is -4.49. The number of hydrogen-bond donors (Lipinski definition) is 3. The van der Waals surface area contributed by atoms with Crippen molar-refractivity contribution in [2.24, 2.45) is 20.7 Å². The van der Waals surface area contributed by atoms with Crippen LogP contribution in [0.3, 0.4) is 0 Å². The van der Waals surface area contributed by atoms with Crippen LogP contribution in [-0.2, 0) is 9.47 Å². The van der Waals surface area contributed by atoms with E-state index in [1.807, 2.05) is 0 Å². The molecule has 0 amide bonds. The van der Waals surface area contributed by atoms with Crippen molar-refractivity contribution in [3.63, 3.8) is 0 Å². The number of aliphatic imine (C=N–C) groups is 3. The van der Waals surface area contributed by atoms with Crippen molar-refractivity contribution >= 4 is 18.2 Å². The summed E-state index contributed by atoms with van der Waals surface area (Å²) in [5, 5.41) is 18.8. The Balaban J connectivity index is 1.83. The fourth-order valence-corrected chi connectivity index (χ4v) is 2.55. The molecular formula is C11H16FN5O4. The van der Waals surface area contributed by atoms with E-state index in [2.05, 4.69) is 15.0 Å². The molecular weight excluding hydrogens is 285 g/mol.